The Morgan fingerprint density at radius 1 is 1.46 bits per heavy atom. The molecule has 0 aromatic heterocycles. The third kappa shape index (κ3) is 2.27. The Hall–Kier alpha value is -1.40. The van der Waals surface area contributed by atoms with E-state index in [1.54, 1.807) is 0 Å². The predicted molar refractivity (Wildman–Crippen MR) is 46.3 cm³/mol. The van der Waals surface area contributed by atoms with Crippen molar-refractivity contribution in [3.63, 3.8) is 0 Å². The molecule has 0 aliphatic rings. The van der Waals surface area contributed by atoms with Crippen molar-refractivity contribution in [2.75, 3.05) is 0 Å². The summed E-state index contributed by atoms with van der Waals surface area (Å²) in [4.78, 5) is 11.0. The van der Waals surface area contributed by atoms with Crippen LogP contribution in [-0.4, -0.2) is 12.0 Å². The van der Waals surface area contributed by atoms with Crippen molar-refractivity contribution in [2.45, 2.75) is 6.17 Å². The summed E-state index contributed by atoms with van der Waals surface area (Å²) in [5.74, 6) is -0.834. The highest BCUT2D eigenvalue weighted by Gasteiger charge is 2.17. The van der Waals surface area contributed by atoms with Gasteiger partial charge >= 0.3 is 0 Å². The van der Waals surface area contributed by atoms with Crippen molar-refractivity contribution in [1.29, 1.82) is 5.26 Å². The van der Waals surface area contributed by atoms with Crippen LogP contribution in [0.5, 0.6) is 0 Å². The molecule has 1 aromatic rings. The fourth-order valence-electron chi connectivity index (χ4n) is 0.819. The Morgan fingerprint density at radius 3 is 2.46 bits per heavy atom. The zero-order valence-electron chi connectivity index (χ0n) is 6.50. The molecule has 4 heteroatoms. The minimum absolute atomic E-state index is 0.151. The topological polar surface area (TPSA) is 40.9 Å². The van der Waals surface area contributed by atoms with Crippen molar-refractivity contribution >= 4 is 17.4 Å². The van der Waals surface area contributed by atoms with Crippen molar-refractivity contribution < 1.29 is 9.18 Å². The van der Waals surface area contributed by atoms with Crippen molar-refractivity contribution in [1.82, 2.24) is 0 Å². The van der Waals surface area contributed by atoms with Crippen LogP contribution in [-0.2, 0) is 0 Å². The molecule has 0 spiro atoms. The lowest BCUT2D eigenvalue weighted by molar-refractivity contribution is 0.0918. The first kappa shape index (κ1) is 9.69. The minimum Gasteiger partial charge on any atom is -0.290 e. The molecule has 1 aromatic carbocycles. The summed E-state index contributed by atoms with van der Waals surface area (Å²) in [6.45, 7) is 0. The lowest BCUT2D eigenvalue weighted by atomic mass is 10.1. The van der Waals surface area contributed by atoms with Crippen molar-refractivity contribution in [2.24, 2.45) is 0 Å². The van der Waals surface area contributed by atoms with Crippen molar-refractivity contribution in [3.8, 4) is 6.07 Å². The monoisotopic (exact) mass is 197 g/mol. The van der Waals surface area contributed by atoms with Gasteiger partial charge in [0.25, 0.3) is 0 Å². The summed E-state index contributed by atoms with van der Waals surface area (Å²) in [5, 5.41) is 8.61. The molecular weight excluding hydrogens is 193 g/mol. The maximum atomic E-state index is 12.6. The van der Waals surface area contributed by atoms with Gasteiger partial charge < -0.3 is 0 Å². The van der Waals surface area contributed by atoms with E-state index in [9.17, 15) is 9.18 Å². The maximum absolute atomic E-state index is 12.6. The molecule has 13 heavy (non-hydrogen) atoms. The van der Waals surface area contributed by atoms with E-state index >= 15 is 0 Å². The van der Waals surface area contributed by atoms with E-state index in [4.69, 9.17) is 16.9 Å². The maximum Gasteiger partial charge on any atom is 0.248 e. The third-order valence-electron chi connectivity index (χ3n) is 1.47. The number of hydrogen-bond donors (Lipinski definition) is 0. The number of benzene rings is 1. The summed E-state index contributed by atoms with van der Waals surface area (Å²) < 4.78 is 12.6. The highest BCUT2D eigenvalue weighted by molar-refractivity contribution is 6.30. The van der Waals surface area contributed by atoms with E-state index in [2.05, 4.69) is 0 Å². The molecule has 0 radical (unpaired) electrons. The van der Waals surface area contributed by atoms with Gasteiger partial charge in [-0.25, -0.2) is 4.39 Å². The van der Waals surface area contributed by atoms with Crippen LogP contribution in [0.15, 0.2) is 24.3 Å². The van der Waals surface area contributed by atoms with Gasteiger partial charge in [-0.3, -0.25) is 4.79 Å². The van der Waals surface area contributed by atoms with Gasteiger partial charge in [-0.05, 0) is 24.3 Å². The van der Waals surface area contributed by atoms with E-state index in [-0.39, 0.29) is 5.56 Å². The normalized spacial score (nSPS) is 11.8. The SMILES string of the molecule is N#C[C@H](F)C(=O)c1ccc(Cl)cc1. The predicted octanol–water partition coefficient (Wildman–Crippen LogP) is 2.38. The van der Waals surface area contributed by atoms with Gasteiger partial charge in [-0.1, -0.05) is 11.6 Å². The number of nitriles is 1. The van der Waals surface area contributed by atoms with E-state index in [1.807, 2.05) is 0 Å². The molecule has 0 N–H and O–H groups in total. The molecule has 0 aliphatic heterocycles. The Morgan fingerprint density at radius 2 is 2.00 bits per heavy atom. The van der Waals surface area contributed by atoms with E-state index in [0.29, 0.717) is 5.02 Å². The van der Waals surface area contributed by atoms with Crippen LogP contribution in [0.3, 0.4) is 0 Å². The first-order valence-electron chi connectivity index (χ1n) is 3.48. The van der Waals surface area contributed by atoms with Gasteiger partial charge in [0.2, 0.25) is 12.0 Å². The van der Waals surface area contributed by atoms with Gasteiger partial charge in [-0.2, -0.15) is 5.26 Å². The van der Waals surface area contributed by atoms with Gasteiger partial charge in [0.1, 0.15) is 6.07 Å². The van der Waals surface area contributed by atoms with Crippen LogP contribution < -0.4 is 0 Å². The van der Waals surface area contributed by atoms with Crippen LogP contribution in [0.25, 0.3) is 0 Å². The largest absolute Gasteiger partial charge is 0.290 e. The highest BCUT2D eigenvalue weighted by atomic mass is 35.5. The molecule has 0 aliphatic carbocycles. The first-order chi connectivity index (χ1) is 6.15. The minimum atomic E-state index is -2.10. The van der Waals surface area contributed by atoms with Crippen LogP contribution in [0.1, 0.15) is 10.4 Å². The molecule has 0 heterocycles. The number of carbonyl (C=O) groups is 1. The number of carbonyl (C=O) groups excluding carboxylic acids is 1. The summed E-state index contributed by atoms with van der Waals surface area (Å²) in [6, 6.07) is 6.94. The van der Waals surface area contributed by atoms with Crippen LogP contribution >= 0.6 is 11.6 Å². The van der Waals surface area contributed by atoms with Crippen LogP contribution in [0.2, 0.25) is 5.02 Å². The molecule has 0 amide bonds. The highest BCUT2D eigenvalue weighted by Crippen LogP contribution is 2.11. The molecule has 0 bridgehead atoms. The molecule has 0 fully saturated rings. The number of hydrogen-bond acceptors (Lipinski definition) is 2. The third-order valence-corrected chi connectivity index (χ3v) is 1.72. The average Bonchev–Trinajstić information content (AvgIpc) is 2.17. The molecular formula is C9H5ClFNO. The fourth-order valence-corrected chi connectivity index (χ4v) is 0.945. The average molecular weight is 198 g/mol. The lowest BCUT2D eigenvalue weighted by Gasteiger charge is -1.98. The zero-order valence-corrected chi connectivity index (χ0v) is 7.25. The number of ketones is 1. The van der Waals surface area contributed by atoms with Gasteiger partial charge in [0, 0.05) is 10.6 Å². The fraction of sp³-hybridized carbons (Fsp3) is 0.111. The summed E-state index contributed by atoms with van der Waals surface area (Å²) in [5.41, 5.74) is 0.151. The number of Topliss-reactive ketones (excluding diaryl/α,β-unsaturated/α-hetero) is 1. The molecule has 0 saturated carbocycles. The molecule has 66 valence electrons. The molecule has 0 unspecified atom stereocenters. The van der Waals surface area contributed by atoms with Crippen LogP contribution in [0.4, 0.5) is 4.39 Å². The Bertz CT molecular complexity index is 355. The molecule has 2 nitrogen and oxygen atoms in total. The Labute approximate surface area is 79.5 Å². The quantitative estimate of drug-likeness (QED) is 0.683. The lowest BCUT2D eigenvalue weighted by Crippen LogP contribution is -2.12. The second-order valence-electron chi connectivity index (χ2n) is 2.36. The standard InChI is InChI=1S/C9H5ClFNO/c10-7-3-1-6(2-4-7)9(13)8(11)5-12/h1-4,8H/t8-/m0/s1. The second-order valence-corrected chi connectivity index (χ2v) is 2.80. The number of halogens is 2. The van der Waals surface area contributed by atoms with E-state index in [1.165, 1.54) is 30.3 Å². The number of alkyl halides is 1. The Balaban J connectivity index is 2.91. The van der Waals surface area contributed by atoms with E-state index in [0.717, 1.165) is 0 Å². The van der Waals surface area contributed by atoms with Gasteiger partial charge in [0.05, 0.1) is 0 Å². The van der Waals surface area contributed by atoms with Crippen LogP contribution in [0, 0.1) is 11.3 Å². The molecule has 0 saturated heterocycles. The van der Waals surface area contributed by atoms with E-state index < -0.39 is 12.0 Å². The van der Waals surface area contributed by atoms with Gasteiger partial charge in [-0.15, -0.1) is 0 Å². The second kappa shape index (κ2) is 4.01. The Kier molecular flexibility index (Phi) is 2.99. The van der Waals surface area contributed by atoms with Gasteiger partial charge in [0.15, 0.2) is 0 Å². The smallest absolute Gasteiger partial charge is 0.248 e. The zero-order chi connectivity index (χ0) is 9.84. The molecule has 1 rings (SSSR count). The van der Waals surface area contributed by atoms with Crippen molar-refractivity contribution in [3.05, 3.63) is 34.9 Å². The summed E-state index contributed by atoms with van der Waals surface area (Å²) >= 11 is 5.56. The number of nitrogens with zero attached hydrogens (tertiary/aromatic N) is 1. The molecule has 1 atom stereocenters. The first-order valence-corrected chi connectivity index (χ1v) is 3.86. The summed E-state index contributed by atoms with van der Waals surface area (Å²) in [6.07, 6.45) is -2.10. The summed E-state index contributed by atoms with van der Waals surface area (Å²) in [7, 11) is 0. The number of rotatable bonds is 2.